The first-order valence-electron chi connectivity index (χ1n) is 6.19. The lowest BCUT2D eigenvalue weighted by Gasteiger charge is -2.00. The second kappa shape index (κ2) is 5.47. The highest BCUT2D eigenvalue weighted by Crippen LogP contribution is 2.27. The van der Waals surface area contributed by atoms with Gasteiger partial charge in [0.05, 0.1) is 5.57 Å². The van der Waals surface area contributed by atoms with Crippen molar-refractivity contribution in [1.82, 2.24) is 0 Å². The summed E-state index contributed by atoms with van der Waals surface area (Å²) in [5.74, 6) is 0.283. The first-order valence-corrected chi connectivity index (χ1v) is 6.98. The van der Waals surface area contributed by atoms with Crippen LogP contribution >= 0.6 is 15.9 Å². The van der Waals surface area contributed by atoms with E-state index in [0.29, 0.717) is 11.3 Å². The Balaban J connectivity index is 1.92. The Morgan fingerprint density at radius 3 is 2.35 bits per heavy atom. The van der Waals surface area contributed by atoms with Gasteiger partial charge < -0.3 is 4.74 Å². The number of carbonyl (C=O) groups is 1. The molecule has 0 N–H and O–H groups in total. The van der Waals surface area contributed by atoms with Crippen LogP contribution in [0.2, 0.25) is 0 Å². The minimum atomic E-state index is -0.313. The van der Waals surface area contributed by atoms with E-state index in [-0.39, 0.29) is 5.97 Å². The summed E-state index contributed by atoms with van der Waals surface area (Å²) in [7, 11) is 0. The van der Waals surface area contributed by atoms with Crippen molar-refractivity contribution < 1.29 is 9.53 Å². The Bertz CT molecular complexity index is 698. The minimum absolute atomic E-state index is 0.313. The molecule has 3 rings (SSSR count). The zero-order chi connectivity index (χ0) is 13.9. The van der Waals surface area contributed by atoms with Crippen molar-refractivity contribution in [3.8, 4) is 0 Å². The van der Waals surface area contributed by atoms with Crippen molar-refractivity contribution in [2.75, 3.05) is 0 Å². The quantitative estimate of drug-likeness (QED) is 0.602. The Hall–Kier alpha value is -2.13. The number of carbonyl (C=O) groups excluding carboxylic acids is 1. The second-order valence-electron chi connectivity index (χ2n) is 4.42. The van der Waals surface area contributed by atoms with Crippen molar-refractivity contribution in [2.24, 2.45) is 0 Å². The van der Waals surface area contributed by atoms with Crippen LogP contribution in [0.1, 0.15) is 11.1 Å². The van der Waals surface area contributed by atoms with E-state index in [1.54, 1.807) is 6.08 Å². The van der Waals surface area contributed by atoms with Crippen molar-refractivity contribution in [2.45, 2.75) is 0 Å². The summed E-state index contributed by atoms with van der Waals surface area (Å²) in [5.41, 5.74) is 2.43. The highest BCUT2D eigenvalue weighted by Gasteiger charge is 2.21. The van der Waals surface area contributed by atoms with Gasteiger partial charge in [0.2, 0.25) is 0 Å². The van der Waals surface area contributed by atoms with Gasteiger partial charge in [0.1, 0.15) is 5.76 Å². The van der Waals surface area contributed by atoms with E-state index in [0.717, 1.165) is 15.6 Å². The molecule has 0 amide bonds. The number of hydrogen-bond acceptors (Lipinski definition) is 2. The average molecular weight is 327 g/mol. The first kappa shape index (κ1) is 12.9. The fourth-order valence-electron chi connectivity index (χ4n) is 1.97. The van der Waals surface area contributed by atoms with Gasteiger partial charge in [-0.2, -0.15) is 0 Å². The lowest BCUT2D eigenvalue weighted by molar-refractivity contribution is -0.130. The molecular formula is C17H11BrO2. The van der Waals surface area contributed by atoms with Gasteiger partial charge in [-0.05, 0) is 29.8 Å². The van der Waals surface area contributed by atoms with Crippen LogP contribution in [-0.4, -0.2) is 5.97 Å². The lowest BCUT2D eigenvalue weighted by atomic mass is 10.1. The van der Waals surface area contributed by atoms with E-state index in [9.17, 15) is 4.79 Å². The van der Waals surface area contributed by atoms with Gasteiger partial charge in [0, 0.05) is 10.0 Å². The van der Waals surface area contributed by atoms with Gasteiger partial charge >= 0.3 is 5.97 Å². The molecule has 0 aliphatic carbocycles. The van der Waals surface area contributed by atoms with E-state index in [2.05, 4.69) is 15.9 Å². The molecule has 0 radical (unpaired) electrons. The normalized spacial score (nSPS) is 16.1. The summed E-state index contributed by atoms with van der Waals surface area (Å²) in [4.78, 5) is 11.9. The standard InChI is InChI=1S/C17H11BrO2/c18-15-8-6-12(7-9-15)10-14-11-16(20-17(14)19)13-4-2-1-3-5-13/h1-11H/b14-10-. The molecule has 0 fully saturated rings. The summed E-state index contributed by atoms with van der Waals surface area (Å²) in [6.45, 7) is 0. The zero-order valence-electron chi connectivity index (χ0n) is 10.5. The van der Waals surface area contributed by atoms with Crippen LogP contribution in [-0.2, 0) is 9.53 Å². The van der Waals surface area contributed by atoms with Gasteiger partial charge in [-0.15, -0.1) is 0 Å². The van der Waals surface area contributed by atoms with Gasteiger partial charge in [-0.3, -0.25) is 0 Å². The summed E-state index contributed by atoms with van der Waals surface area (Å²) in [6.07, 6.45) is 3.60. The topological polar surface area (TPSA) is 26.3 Å². The molecule has 2 aromatic rings. The summed E-state index contributed by atoms with van der Waals surface area (Å²) >= 11 is 3.39. The predicted octanol–water partition coefficient (Wildman–Crippen LogP) is 4.43. The maximum Gasteiger partial charge on any atom is 0.343 e. The highest BCUT2D eigenvalue weighted by molar-refractivity contribution is 9.10. The number of halogens is 1. The molecule has 0 aromatic heterocycles. The molecule has 0 saturated heterocycles. The Kier molecular flexibility index (Phi) is 3.52. The first-order chi connectivity index (χ1) is 9.72. The van der Waals surface area contributed by atoms with Crippen molar-refractivity contribution in [3.63, 3.8) is 0 Å². The fourth-order valence-corrected chi connectivity index (χ4v) is 2.24. The highest BCUT2D eigenvalue weighted by atomic mass is 79.9. The maximum absolute atomic E-state index is 11.9. The lowest BCUT2D eigenvalue weighted by Crippen LogP contribution is -1.97. The number of cyclic esters (lactones) is 1. The van der Waals surface area contributed by atoms with Crippen LogP contribution < -0.4 is 0 Å². The largest absolute Gasteiger partial charge is 0.422 e. The molecule has 2 nitrogen and oxygen atoms in total. The van der Waals surface area contributed by atoms with Crippen molar-refractivity contribution >= 4 is 33.7 Å². The average Bonchev–Trinajstić information content (AvgIpc) is 2.84. The Labute approximate surface area is 125 Å². The van der Waals surface area contributed by atoms with Gasteiger partial charge in [-0.25, -0.2) is 4.79 Å². The second-order valence-corrected chi connectivity index (χ2v) is 5.33. The van der Waals surface area contributed by atoms with Crippen LogP contribution in [0.5, 0.6) is 0 Å². The number of rotatable bonds is 2. The molecule has 20 heavy (non-hydrogen) atoms. The molecule has 98 valence electrons. The van der Waals surface area contributed by atoms with Crippen LogP contribution in [0.15, 0.2) is 70.7 Å². The van der Waals surface area contributed by atoms with E-state index < -0.39 is 0 Å². The summed E-state index contributed by atoms with van der Waals surface area (Å²) in [5, 5.41) is 0. The fraction of sp³-hybridized carbons (Fsp3) is 0. The van der Waals surface area contributed by atoms with Crippen LogP contribution in [0, 0.1) is 0 Å². The summed E-state index contributed by atoms with van der Waals surface area (Å²) in [6, 6.07) is 17.4. The van der Waals surface area contributed by atoms with Crippen molar-refractivity contribution in [3.05, 3.63) is 81.8 Å². The molecule has 1 aliphatic rings. The smallest absolute Gasteiger partial charge is 0.343 e. The third-order valence-electron chi connectivity index (χ3n) is 2.98. The van der Waals surface area contributed by atoms with Gasteiger partial charge in [-0.1, -0.05) is 58.4 Å². The van der Waals surface area contributed by atoms with E-state index in [1.165, 1.54) is 0 Å². The Morgan fingerprint density at radius 1 is 0.950 bits per heavy atom. The molecule has 0 bridgehead atoms. The molecule has 3 heteroatoms. The van der Waals surface area contributed by atoms with Crippen LogP contribution in [0.3, 0.4) is 0 Å². The van der Waals surface area contributed by atoms with E-state index in [1.807, 2.05) is 60.7 Å². The number of ether oxygens (including phenoxy) is 1. The van der Waals surface area contributed by atoms with E-state index >= 15 is 0 Å². The van der Waals surface area contributed by atoms with Crippen LogP contribution in [0.4, 0.5) is 0 Å². The molecule has 0 atom stereocenters. The number of hydrogen-bond donors (Lipinski definition) is 0. The molecular weight excluding hydrogens is 316 g/mol. The summed E-state index contributed by atoms with van der Waals surface area (Å²) < 4.78 is 6.31. The third kappa shape index (κ3) is 2.73. The van der Waals surface area contributed by atoms with Gasteiger partial charge in [0.25, 0.3) is 0 Å². The molecule has 0 spiro atoms. The maximum atomic E-state index is 11.9. The molecule has 1 heterocycles. The SMILES string of the molecule is O=C1OC(c2ccccc2)=C/C1=C/c1ccc(Br)cc1. The molecule has 1 aliphatic heterocycles. The molecule has 0 saturated carbocycles. The number of esters is 1. The molecule has 2 aromatic carbocycles. The monoisotopic (exact) mass is 326 g/mol. The zero-order valence-corrected chi connectivity index (χ0v) is 12.1. The third-order valence-corrected chi connectivity index (χ3v) is 3.50. The molecule has 0 unspecified atom stereocenters. The number of benzene rings is 2. The Morgan fingerprint density at radius 2 is 1.65 bits per heavy atom. The van der Waals surface area contributed by atoms with Crippen molar-refractivity contribution in [1.29, 1.82) is 0 Å². The minimum Gasteiger partial charge on any atom is -0.422 e. The van der Waals surface area contributed by atoms with E-state index in [4.69, 9.17) is 4.74 Å². The van der Waals surface area contributed by atoms with Crippen LogP contribution in [0.25, 0.3) is 11.8 Å². The van der Waals surface area contributed by atoms with Gasteiger partial charge in [0.15, 0.2) is 0 Å². The predicted molar refractivity (Wildman–Crippen MR) is 82.6 cm³/mol.